The lowest BCUT2D eigenvalue weighted by molar-refractivity contribution is 0.795. The fourth-order valence-corrected chi connectivity index (χ4v) is 2.22. The molecule has 0 amide bonds. The molecule has 0 aliphatic rings. The highest BCUT2D eigenvalue weighted by Gasteiger charge is 2.02. The minimum absolute atomic E-state index is 0.331. The first-order chi connectivity index (χ1) is 10.2. The molecule has 0 unspecified atom stereocenters. The number of anilines is 3. The Morgan fingerprint density at radius 3 is 2.48 bits per heavy atom. The predicted molar refractivity (Wildman–Crippen MR) is 88.5 cm³/mol. The molecule has 108 valence electrons. The molecule has 0 radical (unpaired) electrons. The van der Waals surface area contributed by atoms with Gasteiger partial charge in [-0.3, -0.25) is 0 Å². The van der Waals surface area contributed by atoms with Crippen molar-refractivity contribution in [2.45, 2.75) is 32.6 Å². The highest BCUT2D eigenvalue weighted by Crippen LogP contribution is 2.22. The molecule has 0 fully saturated rings. The van der Waals surface area contributed by atoms with E-state index in [0.29, 0.717) is 12.1 Å². The van der Waals surface area contributed by atoms with Crippen LogP contribution in [0.1, 0.15) is 30.9 Å². The van der Waals surface area contributed by atoms with E-state index in [1.54, 1.807) is 0 Å². The molecule has 0 spiro atoms. The van der Waals surface area contributed by atoms with Gasteiger partial charge in [0.05, 0.1) is 12.5 Å². The van der Waals surface area contributed by atoms with Gasteiger partial charge in [-0.25, -0.2) is 0 Å². The first-order valence-corrected chi connectivity index (χ1v) is 7.34. The van der Waals surface area contributed by atoms with Gasteiger partial charge < -0.3 is 11.1 Å². The molecule has 3 nitrogen and oxygen atoms in total. The van der Waals surface area contributed by atoms with Gasteiger partial charge in [0, 0.05) is 17.1 Å². The van der Waals surface area contributed by atoms with E-state index in [4.69, 9.17) is 11.0 Å². The van der Waals surface area contributed by atoms with Crippen LogP contribution in [-0.4, -0.2) is 0 Å². The van der Waals surface area contributed by atoms with Crippen LogP contribution in [-0.2, 0) is 12.8 Å². The molecule has 3 heteroatoms. The van der Waals surface area contributed by atoms with Crippen molar-refractivity contribution < 1.29 is 0 Å². The van der Waals surface area contributed by atoms with Crippen LogP contribution in [0.5, 0.6) is 0 Å². The number of nitriles is 1. The van der Waals surface area contributed by atoms with Crippen LogP contribution in [0.3, 0.4) is 0 Å². The summed E-state index contributed by atoms with van der Waals surface area (Å²) < 4.78 is 0. The SMILES string of the molecule is CCCCc1ccc(Nc2ccc(N)c(CC#N)c2)cc1. The number of aryl methyl sites for hydroxylation is 1. The number of rotatable bonds is 6. The van der Waals surface area contributed by atoms with E-state index in [1.807, 2.05) is 18.2 Å². The van der Waals surface area contributed by atoms with E-state index in [2.05, 4.69) is 42.6 Å². The molecule has 0 aliphatic heterocycles. The van der Waals surface area contributed by atoms with Gasteiger partial charge in [0.1, 0.15) is 0 Å². The standard InChI is InChI=1S/C18H21N3/c1-2-3-4-14-5-7-16(8-6-14)21-17-9-10-18(20)15(13-17)11-12-19/h5-10,13,21H,2-4,11,20H2,1H3. The zero-order chi connectivity index (χ0) is 15.1. The van der Waals surface area contributed by atoms with Gasteiger partial charge in [-0.05, 0) is 54.3 Å². The van der Waals surface area contributed by atoms with Crippen molar-refractivity contribution in [1.29, 1.82) is 5.26 Å². The summed E-state index contributed by atoms with van der Waals surface area (Å²) in [5.41, 5.74) is 10.7. The minimum Gasteiger partial charge on any atom is -0.398 e. The summed E-state index contributed by atoms with van der Waals surface area (Å²) in [5, 5.41) is 12.1. The number of unbranched alkanes of at least 4 members (excludes halogenated alkanes) is 1. The Morgan fingerprint density at radius 2 is 1.81 bits per heavy atom. The molecule has 2 aromatic carbocycles. The van der Waals surface area contributed by atoms with Gasteiger partial charge in [0.15, 0.2) is 0 Å². The fourth-order valence-electron chi connectivity index (χ4n) is 2.22. The molecule has 0 aromatic heterocycles. The molecule has 0 bridgehead atoms. The maximum Gasteiger partial charge on any atom is 0.0670 e. The summed E-state index contributed by atoms with van der Waals surface area (Å²) in [6.45, 7) is 2.20. The molecule has 0 saturated carbocycles. The van der Waals surface area contributed by atoms with Gasteiger partial charge in [-0.1, -0.05) is 25.5 Å². The Labute approximate surface area is 126 Å². The number of nitrogens with two attached hydrogens (primary N) is 1. The summed E-state index contributed by atoms with van der Waals surface area (Å²) >= 11 is 0. The van der Waals surface area contributed by atoms with Crippen LogP contribution in [0.2, 0.25) is 0 Å². The van der Waals surface area contributed by atoms with Crippen LogP contribution >= 0.6 is 0 Å². The molecule has 2 aromatic rings. The van der Waals surface area contributed by atoms with Crippen molar-refractivity contribution in [3.8, 4) is 6.07 Å². The number of hydrogen-bond donors (Lipinski definition) is 2. The summed E-state index contributed by atoms with van der Waals surface area (Å²) in [7, 11) is 0. The zero-order valence-corrected chi connectivity index (χ0v) is 12.4. The second kappa shape index (κ2) is 7.35. The van der Waals surface area contributed by atoms with Crippen LogP contribution < -0.4 is 11.1 Å². The van der Waals surface area contributed by atoms with Crippen LogP contribution in [0, 0.1) is 11.3 Å². The zero-order valence-electron chi connectivity index (χ0n) is 12.4. The van der Waals surface area contributed by atoms with Gasteiger partial charge in [0.2, 0.25) is 0 Å². The summed E-state index contributed by atoms with van der Waals surface area (Å²) in [6, 6.07) is 16.3. The van der Waals surface area contributed by atoms with Crippen molar-refractivity contribution in [2.24, 2.45) is 0 Å². The Balaban J connectivity index is 2.07. The normalized spacial score (nSPS) is 10.1. The number of nitrogens with one attached hydrogen (secondary N) is 1. The van der Waals surface area contributed by atoms with E-state index in [-0.39, 0.29) is 0 Å². The molecule has 3 N–H and O–H groups in total. The van der Waals surface area contributed by atoms with Crippen molar-refractivity contribution >= 4 is 17.1 Å². The molecule has 0 heterocycles. The Bertz CT molecular complexity index is 624. The molecule has 0 aliphatic carbocycles. The smallest absolute Gasteiger partial charge is 0.0670 e. The Kier molecular flexibility index (Phi) is 5.22. The summed E-state index contributed by atoms with van der Waals surface area (Å²) in [4.78, 5) is 0. The molecule has 0 atom stereocenters. The third kappa shape index (κ3) is 4.25. The van der Waals surface area contributed by atoms with E-state index >= 15 is 0 Å². The molecular formula is C18H21N3. The van der Waals surface area contributed by atoms with E-state index in [1.165, 1.54) is 18.4 Å². The lowest BCUT2D eigenvalue weighted by Gasteiger charge is -2.10. The maximum atomic E-state index is 8.80. The largest absolute Gasteiger partial charge is 0.398 e. The highest BCUT2D eigenvalue weighted by atomic mass is 14.9. The average Bonchev–Trinajstić information content (AvgIpc) is 2.50. The molecule has 0 saturated heterocycles. The average molecular weight is 279 g/mol. The Morgan fingerprint density at radius 1 is 1.10 bits per heavy atom. The van der Waals surface area contributed by atoms with E-state index in [9.17, 15) is 0 Å². The molecular weight excluding hydrogens is 258 g/mol. The van der Waals surface area contributed by atoms with E-state index < -0.39 is 0 Å². The fraction of sp³-hybridized carbons (Fsp3) is 0.278. The third-order valence-electron chi connectivity index (χ3n) is 3.47. The summed E-state index contributed by atoms with van der Waals surface area (Å²) in [6.07, 6.45) is 3.90. The second-order valence-electron chi connectivity index (χ2n) is 5.17. The van der Waals surface area contributed by atoms with E-state index in [0.717, 1.165) is 23.4 Å². The van der Waals surface area contributed by atoms with Crippen LogP contribution in [0.4, 0.5) is 17.1 Å². The van der Waals surface area contributed by atoms with Crippen LogP contribution in [0.15, 0.2) is 42.5 Å². The number of nitrogens with zero attached hydrogens (tertiary/aromatic N) is 1. The van der Waals surface area contributed by atoms with Crippen LogP contribution in [0.25, 0.3) is 0 Å². The number of benzene rings is 2. The van der Waals surface area contributed by atoms with Crippen molar-refractivity contribution in [2.75, 3.05) is 11.1 Å². The topological polar surface area (TPSA) is 61.8 Å². The first kappa shape index (κ1) is 14.9. The van der Waals surface area contributed by atoms with Gasteiger partial charge in [-0.2, -0.15) is 5.26 Å². The highest BCUT2D eigenvalue weighted by molar-refractivity contribution is 5.64. The minimum atomic E-state index is 0.331. The molecule has 21 heavy (non-hydrogen) atoms. The molecule has 2 rings (SSSR count). The first-order valence-electron chi connectivity index (χ1n) is 7.34. The quantitative estimate of drug-likeness (QED) is 0.769. The number of hydrogen-bond acceptors (Lipinski definition) is 3. The van der Waals surface area contributed by atoms with Gasteiger partial charge in [-0.15, -0.1) is 0 Å². The van der Waals surface area contributed by atoms with Crippen molar-refractivity contribution in [1.82, 2.24) is 0 Å². The predicted octanol–water partition coefficient (Wildman–Crippen LogP) is 4.42. The second-order valence-corrected chi connectivity index (χ2v) is 5.17. The summed E-state index contributed by atoms with van der Waals surface area (Å²) in [5.74, 6) is 0. The van der Waals surface area contributed by atoms with Crippen molar-refractivity contribution in [3.05, 3.63) is 53.6 Å². The van der Waals surface area contributed by atoms with Gasteiger partial charge in [0.25, 0.3) is 0 Å². The number of nitrogen functional groups attached to an aromatic ring is 1. The van der Waals surface area contributed by atoms with Crippen molar-refractivity contribution in [3.63, 3.8) is 0 Å². The lowest BCUT2D eigenvalue weighted by atomic mass is 10.1. The van der Waals surface area contributed by atoms with Gasteiger partial charge >= 0.3 is 0 Å². The monoisotopic (exact) mass is 279 g/mol. The third-order valence-corrected chi connectivity index (χ3v) is 3.47. The Hall–Kier alpha value is -2.47. The lowest BCUT2D eigenvalue weighted by Crippen LogP contribution is -1.97. The maximum absolute atomic E-state index is 8.80.